The molecule has 10 rings (SSSR count). The second-order valence-corrected chi connectivity index (χ2v) is 13.5. The second kappa shape index (κ2) is 16.9. The van der Waals surface area contributed by atoms with Crippen LogP contribution in [0.1, 0.15) is 16.7 Å². The summed E-state index contributed by atoms with van der Waals surface area (Å²) in [6, 6.07) is 65.8. The molecule has 0 saturated heterocycles. The summed E-state index contributed by atoms with van der Waals surface area (Å²) in [5.74, 6) is 0. The van der Waals surface area contributed by atoms with Gasteiger partial charge in [0.15, 0.2) is 0 Å². The lowest BCUT2D eigenvalue weighted by atomic mass is 9.91. The molecule has 0 spiro atoms. The van der Waals surface area contributed by atoms with Crippen molar-refractivity contribution in [2.75, 3.05) is 0 Å². The van der Waals surface area contributed by atoms with Gasteiger partial charge in [-0.3, -0.25) is 0 Å². The van der Waals surface area contributed by atoms with E-state index >= 15 is 0 Å². The molecule has 0 aliphatic heterocycles. The van der Waals surface area contributed by atoms with E-state index in [0.717, 1.165) is 11.2 Å². The van der Waals surface area contributed by atoms with Crippen molar-refractivity contribution in [2.24, 2.45) is 5.73 Å². The number of aryl methyl sites for hydroxylation is 2. The van der Waals surface area contributed by atoms with Crippen LogP contribution in [0, 0.1) is 19.3 Å². The van der Waals surface area contributed by atoms with E-state index in [4.69, 9.17) is 15.6 Å². The summed E-state index contributed by atoms with van der Waals surface area (Å²) in [6.45, 7) is 7.46. The lowest BCUT2D eigenvalue weighted by Crippen LogP contribution is -1.94. The van der Waals surface area contributed by atoms with Gasteiger partial charge in [0.2, 0.25) is 0 Å². The number of benzene rings is 9. The summed E-state index contributed by atoms with van der Waals surface area (Å²) in [4.78, 5) is 0. The first-order valence-corrected chi connectivity index (χ1v) is 18.6. The summed E-state index contributed by atoms with van der Waals surface area (Å²) < 4.78 is 6.40. The highest BCUT2D eigenvalue weighted by Crippen LogP contribution is 2.43. The predicted molar refractivity (Wildman–Crippen MR) is 237 cm³/mol. The zero-order valence-electron chi connectivity index (χ0n) is 31.3. The molecule has 0 atom stereocenters. The molecule has 3 N–H and O–H groups in total. The molecular formula is C52H44N2O. The quantitative estimate of drug-likeness (QED) is 0.141. The van der Waals surface area contributed by atoms with E-state index < -0.39 is 0 Å². The monoisotopic (exact) mass is 712 g/mol. The first-order chi connectivity index (χ1) is 27.1. The van der Waals surface area contributed by atoms with Crippen molar-refractivity contribution in [2.45, 2.75) is 20.4 Å². The van der Waals surface area contributed by atoms with Gasteiger partial charge in [-0.15, -0.1) is 0 Å². The Hall–Kier alpha value is -6.81. The highest BCUT2D eigenvalue weighted by molar-refractivity contribution is 6.32. The third-order valence-electron chi connectivity index (χ3n) is 9.97. The number of furan rings is 1. The summed E-state index contributed by atoms with van der Waals surface area (Å²) in [7, 11) is 0. The largest absolute Gasteiger partial charge is 0.455 e. The van der Waals surface area contributed by atoms with E-state index in [1.807, 2.05) is 36.4 Å². The molecule has 10 aromatic rings. The van der Waals surface area contributed by atoms with Crippen molar-refractivity contribution in [3.8, 4) is 22.3 Å². The number of nitrogens with one attached hydrogen (secondary N) is 1. The Morgan fingerprint density at radius 1 is 0.455 bits per heavy atom. The molecule has 268 valence electrons. The van der Waals surface area contributed by atoms with E-state index in [-0.39, 0.29) is 0 Å². The van der Waals surface area contributed by atoms with E-state index in [1.54, 1.807) is 0 Å². The number of para-hydroxylation sites is 1. The fraction of sp³-hybridized carbons (Fsp3) is 0.0577. The minimum absolute atomic E-state index is 0.640. The first-order valence-electron chi connectivity index (χ1n) is 18.6. The Bertz CT molecular complexity index is 2860. The molecule has 0 amide bonds. The van der Waals surface area contributed by atoms with Gasteiger partial charge >= 0.3 is 0 Å². The van der Waals surface area contributed by atoms with E-state index in [9.17, 15) is 0 Å². The maximum Gasteiger partial charge on any atom is 0.144 e. The number of nitrogens with two attached hydrogens (primary N) is 1. The average Bonchev–Trinajstić information content (AvgIpc) is 3.66. The van der Waals surface area contributed by atoms with Crippen molar-refractivity contribution in [1.82, 2.24) is 0 Å². The van der Waals surface area contributed by atoms with Crippen LogP contribution in [0.25, 0.3) is 76.5 Å². The van der Waals surface area contributed by atoms with Crippen LogP contribution in [0.3, 0.4) is 0 Å². The molecule has 1 heterocycles. The van der Waals surface area contributed by atoms with Crippen LogP contribution < -0.4 is 5.73 Å². The average molecular weight is 713 g/mol. The number of hydrogen-bond acceptors (Lipinski definition) is 3. The molecule has 0 unspecified atom stereocenters. The van der Waals surface area contributed by atoms with Gasteiger partial charge in [-0.1, -0.05) is 181 Å². The molecule has 3 heteroatoms. The normalized spacial score (nSPS) is 10.7. The Morgan fingerprint density at radius 2 is 0.945 bits per heavy atom. The van der Waals surface area contributed by atoms with Crippen LogP contribution >= 0.6 is 0 Å². The third-order valence-corrected chi connectivity index (χ3v) is 9.97. The van der Waals surface area contributed by atoms with Crippen molar-refractivity contribution in [3.05, 3.63) is 205 Å². The van der Waals surface area contributed by atoms with Crippen LogP contribution in [-0.2, 0) is 6.54 Å². The number of rotatable bonds is 3. The highest BCUT2D eigenvalue weighted by atomic mass is 16.3. The van der Waals surface area contributed by atoms with Gasteiger partial charge in [0.1, 0.15) is 11.2 Å². The van der Waals surface area contributed by atoms with E-state index in [1.165, 1.54) is 82.0 Å². The van der Waals surface area contributed by atoms with E-state index in [0.29, 0.717) is 6.54 Å². The Kier molecular flexibility index (Phi) is 11.2. The van der Waals surface area contributed by atoms with Crippen LogP contribution in [-0.4, -0.2) is 6.72 Å². The standard InChI is InChI=1S/C25H16O.C19H16.C7H9N.CH3N/c1-15-14-21-18-10-3-2-8-16(18)17-9-4-5-11-19(17)24(21)25-23(15)20-12-6-7-13-22(20)26-25;1-15-8-7-11-17(14-15)19-13-6-5-12-18(19)16-9-3-2-4-10-16;8-6-7-4-2-1-3-5-7;1-2/h2-14H,1H3;2-14H,1H3;1-5H,6,8H2;2H,1H2. The maximum absolute atomic E-state index is 6.40. The van der Waals surface area contributed by atoms with Crippen LogP contribution in [0.15, 0.2) is 192 Å². The third kappa shape index (κ3) is 7.52. The number of hydrogen-bond donors (Lipinski definition) is 2. The molecule has 1 aromatic heterocycles. The van der Waals surface area contributed by atoms with Crippen molar-refractivity contribution in [3.63, 3.8) is 0 Å². The fourth-order valence-corrected chi connectivity index (χ4v) is 7.50. The molecule has 0 aliphatic rings. The fourth-order valence-electron chi connectivity index (χ4n) is 7.50. The van der Waals surface area contributed by atoms with Gasteiger partial charge in [-0.2, -0.15) is 0 Å². The minimum Gasteiger partial charge on any atom is -0.455 e. The number of fused-ring (bicyclic) bond motifs is 10. The molecule has 0 saturated carbocycles. The summed E-state index contributed by atoms with van der Waals surface area (Å²) in [6.07, 6.45) is 0. The van der Waals surface area contributed by atoms with Gasteiger partial charge in [0, 0.05) is 22.7 Å². The molecule has 3 nitrogen and oxygen atoms in total. The molecule has 0 bridgehead atoms. The minimum atomic E-state index is 0.640. The first kappa shape index (κ1) is 36.5. The van der Waals surface area contributed by atoms with Gasteiger partial charge in [-0.25, -0.2) is 0 Å². The van der Waals surface area contributed by atoms with Crippen LogP contribution in [0.2, 0.25) is 0 Å². The predicted octanol–water partition coefficient (Wildman–Crippen LogP) is 14.1. The Balaban J connectivity index is 0.000000140. The zero-order valence-corrected chi connectivity index (χ0v) is 31.3. The van der Waals surface area contributed by atoms with Crippen LogP contribution in [0.5, 0.6) is 0 Å². The smallest absolute Gasteiger partial charge is 0.144 e. The molecule has 0 aliphatic carbocycles. The van der Waals surface area contributed by atoms with Crippen molar-refractivity contribution >= 4 is 61.0 Å². The van der Waals surface area contributed by atoms with Crippen LogP contribution in [0.4, 0.5) is 0 Å². The van der Waals surface area contributed by atoms with Gasteiger partial charge in [0.05, 0.1) is 0 Å². The SMILES string of the molecule is C=N.Cc1cc2c3ccccc3c3ccccc3c2c2oc3ccccc3c12.Cc1cccc(-c2ccccc2-c2ccccc2)c1.NCc1ccccc1. The molecular weight excluding hydrogens is 669 g/mol. The molecule has 9 aromatic carbocycles. The Morgan fingerprint density at radius 3 is 1.56 bits per heavy atom. The Labute approximate surface area is 322 Å². The highest BCUT2D eigenvalue weighted by Gasteiger charge is 2.17. The van der Waals surface area contributed by atoms with Crippen molar-refractivity contribution in [1.29, 1.82) is 5.41 Å². The lowest BCUT2D eigenvalue weighted by Gasteiger charge is -2.11. The zero-order chi connectivity index (χ0) is 38.1. The maximum atomic E-state index is 6.40. The topological polar surface area (TPSA) is 63.0 Å². The molecule has 55 heavy (non-hydrogen) atoms. The summed E-state index contributed by atoms with van der Waals surface area (Å²) in [5, 5.41) is 15.5. The molecule has 0 radical (unpaired) electrons. The lowest BCUT2D eigenvalue weighted by molar-refractivity contribution is 0.673. The van der Waals surface area contributed by atoms with Crippen molar-refractivity contribution < 1.29 is 4.42 Å². The van der Waals surface area contributed by atoms with Gasteiger partial charge in [0.25, 0.3) is 0 Å². The summed E-state index contributed by atoms with van der Waals surface area (Å²) in [5.41, 5.74) is 16.2. The van der Waals surface area contributed by atoms with Gasteiger partial charge < -0.3 is 15.6 Å². The molecule has 0 fully saturated rings. The summed E-state index contributed by atoms with van der Waals surface area (Å²) >= 11 is 0. The second-order valence-electron chi connectivity index (χ2n) is 13.5. The van der Waals surface area contributed by atoms with Gasteiger partial charge in [-0.05, 0) is 93.0 Å². The van der Waals surface area contributed by atoms with E-state index in [2.05, 4.69) is 172 Å².